The summed E-state index contributed by atoms with van der Waals surface area (Å²) >= 11 is 5.87. The van der Waals surface area contributed by atoms with Crippen molar-refractivity contribution >= 4 is 11.6 Å². The molecule has 0 aliphatic carbocycles. The van der Waals surface area contributed by atoms with E-state index in [1.807, 2.05) is 81.4 Å². The molecule has 0 saturated heterocycles. The van der Waals surface area contributed by atoms with Crippen LogP contribution in [0.3, 0.4) is 0 Å². The van der Waals surface area contributed by atoms with Crippen LogP contribution in [-0.2, 0) is 6.42 Å². The molecular weight excluding hydrogens is 358 g/mol. The molecule has 0 aromatic heterocycles. The van der Waals surface area contributed by atoms with Gasteiger partial charge in [0.2, 0.25) is 0 Å². The van der Waals surface area contributed by atoms with E-state index in [1.165, 1.54) is 5.56 Å². The van der Waals surface area contributed by atoms with Crippen LogP contribution in [0, 0.1) is 0 Å². The molecule has 2 N–H and O–H groups in total. The molecule has 0 fully saturated rings. The number of ether oxygens (including phenoxy) is 2. The third-order valence-corrected chi connectivity index (χ3v) is 3.84. The first-order chi connectivity index (χ1) is 13.1. The van der Waals surface area contributed by atoms with Gasteiger partial charge in [0.25, 0.3) is 0 Å². The lowest BCUT2D eigenvalue weighted by atomic mass is 10.1. The van der Waals surface area contributed by atoms with E-state index in [9.17, 15) is 0 Å². The Labute approximate surface area is 166 Å². The largest absolute Gasteiger partial charge is 0.457 e. The zero-order chi connectivity index (χ0) is 19.6. The van der Waals surface area contributed by atoms with Crippen molar-refractivity contribution in [3.63, 3.8) is 0 Å². The molecule has 0 amide bonds. The molecule has 0 radical (unpaired) electrons. The molecule has 0 aliphatic rings. The van der Waals surface area contributed by atoms with Crippen LogP contribution >= 0.6 is 11.6 Å². The van der Waals surface area contributed by atoms with Gasteiger partial charge in [-0.25, -0.2) is 0 Å². The summed E-state index contributed by atoms with van der Waals surface area (Å²) in [6.45, 7) is 6.00. The van der Waals surface area contributed by atoms with Crippen LogP contribution in [0.25, 0.3) is 0 Å². The van der Waals surface area contributed by atoms with Crippen molar-refractivity contribution in [1.82, 2.24) is 0 Å². The molecule has 142 valence electrons. The maximum absolute atomic E-state index is 5.87. The molecule has 3 rings (SSSR count). The maximum atomic E-state index is 5.87. The van der Waals surface area contributed by atoms with Crippen molar-refractivity contribution in [2.45, 2.75) is 33.2 Å². The van der Waals surface area contributed by atoms with Gasteiger partial charge in [-0.15, -0.1) is 0 Å². The van der Waals surface area contributed by atoms with E-state index in [-0.39, 0.29) is 6.04 Å². The molecule has 3 aromatic rings. The zero-order valence-electron chi connectivity index (χ0n) is 16.0. The van der Waals surface area contributed by atoms with E-state index < -0.39 is 0 Å². The normalized spacial score (nSPS) is 11.1. The summed E-state index contributed by atoms with van der Waals surface area (Å²) in [6.07, 6.45) is 0.858. The summed E-state index contributed by atoms with van der Waals surface area (Å²) in [4.78, 5) is 0. The van der Waals surface area contributed by atoms with Gasteiger partial charge in [-0.2, -0.15) is 0 Å². The average Bonchev–Trinajstić information content (AvgIpc) is 2.68. The van der Waals surface area contributed by atoms with Gasteiger partial charge in [-0.1, -0.05) is 37.6 Å². The number of nitrogens with two attached hydrogens (primary N) is 1. The Bertz CT molecular complexity index is 797. The van der Waals surface area contributed by atoms with E-state index in [1.54, 1.807) is 12.1 Å². The lowest BCUT2D eigenvalue weighted by Gasteiger charge is -2.09. The van der Waals surface area contributed by atoms with Gasteiger partial charge in [0.1, 0.15) is 23.0 Å². The zero-order valence-corrected chi connectivity index (χ0v) is 16.7. The second-order valence-electron chi connectivity index (χ2n) is 5.95. The molecule has 0 spiro atoms. The molecule has 0 saturated carbocycles. The molecule has 1 atom stereocenters. The van der Waals surface area contributed by atoms with Gasteiger partial charge < -0.3 is 15.2 Å². The van der Waals surface area contributed by atoms with Gasteiger partial charge in [0.15, 0.2) is 0 Å². The molecule has 0 aliphatic heterocycles. The van der Waals surface area contributed by atoms with E-state index in [4.69, 9.17) is 26.8 Å². The van der Waals surface area contributed by atoms with Gasteiger partial charge in [0.05, 0.1) is 0 Å². The first-order valence-corrected chi connectivity index (χ1v) is 9.52. The minimum Gasteiger partial charge on any atom is -0.457 e. The number of halogens is 1. The molecule has 3 nitrogen and oxygen atoms in total. The topological polar surface area (TPSA) is 44.5 Å². The van der Waals surface area contributed by atoms with Crippen LogP contribution in [0.15, 0.2) is 72.8 Å². The lowest BCUT2D eigenvalue weighted by molar-refractivity contribution is 0.469. The third kappa shape index (κ3) is 6.97. The number of hydrogen-bond acceptors (Lipinski definition) is 3. The van der Waals surface area contributed by atoms with E-state index >= 15 is 0 Å². The van der Waals surface area contributed by atoms with Crippen molar-refractivity contribution < 1.29 is 9.47 Å². The number of benzene rings is 3. The van der Waals surface area contributed by atoms with Crippen molar-refractivity contribution in [3.8, 4) is 23.0 Å². The molecule has 3 aromatic carbocycles. The van der Waals surface area contributed by atoms with Crippen LogP contribution in [0.2, 0.25) is 5.02 Å². The van der Waals surface area contributed by atoms with Gasteiger partial charge >= 0.3 is 0 Å². The van der Waals surface area contributed by atoms with Crippen molar-refractivity contribution in [2.24, 2.45) is 5.73 Å². The third-order valence-electron chi connectivity index (χ3n) is 3.59. The van der Waals surface area contributed by atoms with E-state index in [0.29, 0.717) is 5.02 Å². The monoisotopic (exact) mass is 383 g/mol. The summed E-state index contributed by atoms with van der Waals surface area (Å²) in [7, 11) is 0. The highest BCUT2D eigenvalue weighted by Crippen LogP contribution is 2.27. The fraction of sp³-hybridized carbons (Fsp3) is 0.217. The minimum atomic E-state index is 0.153. The first-order valence-electron chi connectivity index (χ1n) is 9.14. The van der Waals surface area contributed by atoms with Crippen LogP contribution < -0.4 is 15.2 Å². The second kappa shape index (κ2) is 10.6. The Balaban J connectivity index is 0.00000126. The van der Waals surface area contributed by atoms with Gasteiger partial charge in [-0.3, -0.25) is 0 Å². The quantitative estimate of drug-likeness (QED) is 0.506. The van der Waals surface area contributed by atoms with Gasteiger partial charge in [-0.05, 0) is 79.6 Å². The molecule has 0 heterocycles. The van der Waals surface area contributed by atoms with Crippen molar-refractivity contribution in [2.75, 3.05) is 0 Å². The standard InChI is InChI=1S/C21H20ClNO2.C2H6/c1-15(23)14-16-2-6-18(7-3-16)24-20-10-12-21(13-11-20)25-19-8-4-17(22)5-9-19;1-2/h2-13,15H,14,23H2,1H3;1-2H3. The minimum absolute atomic E-state index is 0.153. The highest BCUT2D eigenvalue weighted by molar-refractivity contribution is 6.30. The maximum Gasteiger partial charge on any atom is 0.127 e. The fourth-order valence-corrected chi connectivity index (χ4v) is 2.54. The molecular formula is C23H26ClNO2. The van der Waals surface area contributed by atoms with Crippen molar-refractivity contribution in [3.05, 3.63) is 83.4 Å². The Hall–Kier alpha value is -2.49. The predicted octanol–water partition coefficient (Wildman–Crippen LogP) is 6.84. The Morgan fingerprint density at radius 2 is 1.04 bits per heavy atom. The van der Waals surface area contributed by atoms with Crippen LogP contribution in [-0.4, -0.2) is 6.04 Å². The average molecular weight is 384 g/mol. The summed E-state index contributed by atoms with van der Waals surface area (Å²) in [5.74, 6) is 3.02. The van der Waals surface area contributed by atoms with E-state index in [2.05, 4.69) is 0 Å². The summed E-state index contributed by atoms with van der Waals surface area (Å²) in [5.41, 5.74) is 7.02. The molecule has 0 bridgehead atoms. The SMILES string of the molecule is CC.CC(N)Cc1ccc(Oc2ccc(Oc3ccc(Cl)cc3)cc2)cc1. The number of rotatable bonds is 6. The summed E-state index contributed by atoms with van der Waals surface area (Å²) in [6, 6.07) is 22.9. The first kappa shape index (κ1) is 20.8. The van der Waals surface area contributed by atoms with Crippen LogP contribution in [0.1, 0.15) is 26.3 Å². The number of hydrogen-bond donors (Lipinski definition) is 1. The second-order valence-corrected chi connectivity index (χ2v) is 6.39. The van der Waals surface area contributed by atoms with Crippen LogP contribution in [0.4, 0.5) is 0 Å². The molecule has 4 heteroatoms. The highest BCUT2D eigenvalue weighted by Gasteiger charge is 2.02. The fourth-order valence-electron chi connectivity index (χ4n) is 2.42. The molecule has 1 unspecified atom stereocenters. The van der Waals surface area contributed by atoms with Crippen molar-refractivity contribution in [1.29, 1.82) is 0 Å². The Kier molecular flexibility index (Phi) is 8.18. The Morgan fingerprint density at radius 3 is 1.41 bits per heavy atom. The molecule has 27 heavy (non-hydrogen) atoms. The van der Waals surface area contributed by atoms with E-state index in [0.717, 1.165) is 29.4 Å². The predicted molar refractivity (Wildman–Crippen MR) is 113 cm³/mol. The summed E-state index contributed by atoms with van der Waals surface area (Å²) in [5, 5.41) is 0.683. The highest BCUT2D eigenvalue weighted by atomic mass is 35.5. The summed E-state index contributed by atoms with van der Waals surface area (Å²) < 4.78 is 11.6. The Morgan fingerprint density at radius 1 is 0.704 bits per heavy atom. The van der Waals surface area contributed by atoms with Gasteiger partial charge in [0, 0.05) is 11.1 Å². The smallest absolute Gasteiger partial charge is 0.127 e. The van der Waals surface area contributed by atoms with Crippen LogP contribution in [0.5, 0.6) is 23.0 Å². The lowest BCUT2D eigenvalue weighted by Crippen LogP contribution is -2.17.